The Bertz CT molecular complexity index is 364. The van der Waals surface area contributed by atoms with E-state index < -0.39 is 0 Å². The van der Waals surface area contributed by atoms with E-state index in [4.69, 9.17) is 4.74 Å². The molecule has 0 bridgehead atoms. The highest BCUT2D eigenvalue weighted by Crippen LogP contribution is 2.26. The van der Waals surface area contributed by atoms with Crippen molar-refractivity contribution in [2.45, 2.75) is 65.2 Å². The third-order valence-corrected chi connectivity index (χ3v) is 5.15. The fraction of sp³-hybridized carbons (Fsp3) is 0.895. The van der Waals surface area contributed by atoms with Crippen LogP contribution in [-0.4, -0.2) is 61.5 Å². The van der Waals surface area contributed by atoms with Gasteiger partial charge in [-0.1, -0.05) is 33.1 Å². The van der Waals surface area contributed by atoms with Crippen LogP contribution in [0.2, 0.25) is 0 Å². The van der Waals surface area contributed by atoms with Gasteiger partial charge in [0.1, 0.15) is 0 Å². The molecule has 24 heavy (non-hydrogen) atoms. The van der Waals surface area contributed by atoms with Crippen LogP contribution in [-0.2, 0) is 14.3 Å². The number of carbonyl (C=O) groups excluding carboxylic acids is 2. The monoisotopic (exact) mass is 340 g/mol. The summed E-state index contributed by atoms with van der Waals surface area (Å²) in [6, 6.07) is 0. The molecule has 5 nitrogen and oxygen atoms in total. The largest absolute Gasteiger partial charge is 0.469 e. The molecular weight excluding hydrogens is 304 g/mol. The van der Waals surface area contributed by atoms with Crippen molar-refractivity contribution in [3.63, 3.8) is 0 Å². The fourth-order valence-corrected chi connectivity index (χ4v) is 3.48. The molecule has 0 spiro atoms. The van der Waals surface area contributed by atoms with Gasteiger partial charge >= 0.3 is 5.97 Å². The molecular formula is C19H36N2O3. The van der Waals surface area contributed by atoms with Crippen molar-refractivity contribution in [2.24, 2.45) is 5.92 Å². The van der Waals surface area contributed by atoms with E-state index in [0.717, 1.165) is 32.6 Å². The van der Waals surface area contributed by atoms with Gasteiger partial charge in [0.05, 0.1) is 13.5 Å². The van der Waals surface area contributed by atoms with Gasteiger partial charge in [0.15, 0.2) is 0 Å². The third-order valence-electron chi connectivity index (χ3n) is 5.15. The van der Waals surface area contributed by atoms with E-state index in [0.29, 0.717) is 18.9 Å². The second kappa shape index (κ2) is 12.3. The number of ether oxygens (including phenoxy) is 1. The van der Waals surface area contributed by atoms with Crippen LogP contribution in [0, 0.1) is 5.92 Å². The van der Waals surface area contributed by atoms with Crippen molar-refractivity contribution in [1.29, 1.82) is 0 Å². The molecule has 1 aliphatic rings. The van der Waals surface area contributed by atoms with Gasteiger partial charge in [-0.05, 0) is 44.8 Å². The number of carbonyl (C=O) groups is 2. The lowest BCUT2D eigenvalue weighted by atomic mass is 9.86. The van der Waals surface area contributed by atoms with Gasteiger partial charge in [0.2, 0.25) is 5.91 Å². The molecule has 0 aromatic carbocycles. The highest BCUT2D eigenvalue weighted by molar-refractivity contribution is 5.77. The van der Waals surface area contributed by atoms with E-state index in [2.05, 4.69) is 18.7 Å². The first kappa shape index (κ1) is 20.9. The lowest BCUT2D eigenvalue weighted by Crippen LogP contribution is -2.37. The van der Waals surface area contributed by atoms with Crippen LogP contribution in [0.25, 0.3) is 0 Å². The van der Waals surface area contributed by atoms with Crippen LogP contribution in [0.5, 0.6) is 0 Å². The van der Waals surface area contributed by atoms with Gasteiger partial charge in [-0.25, -0.2) is 0 Å². The van der Waals surface area contributed by atoms with Gasteiger partial charge in [0.25, 0.3) is 0 Å². The molecule has 0 unspecified atom stereocenters. The Morgan fingerprint density at radius 3 is 2.25 bits per heavy atom. The number of nitrogens with zero attached hydrogens (tertiary/aromatic N) is 2. The molecule has 0 aromatic rings. The van der Waals surface area contributed by atoms with E-state index in [9.17, 15) is 9.59 Å². The summed E-state index contributed by atoms with van der Waals surface area (Å²) in [4.78, 5) is 28.4. The molecule has 0 aliphatic heterocycles. The Hall–Kier alpha value is -1.10. The standard InChI is InChI=1S/C19H36N2O3/c1-4-20(5-2)13-9-14-21(15-12-19(23)24-3)18(22)16-17-10-7-6-8-11-17/h17H,4-16H2,1-3H3. The lowest BCUT2D eigenvalue weighted by molar-refractivity contribution is -0.142. The second-order valence-electron chi connectivity index (χ2n) is 6.80. The Morgan fingerprint density at radius 1 is 1.00 bits per heavy atom. The number of hydrogen-bond acceptors (Lipinski definition) is 4. The van der Waals surface area contributed by atoms with Gasteiger partial charge in [-0.3, -0.25) is 9.59 Å². The normalized spacial score (nSPS) is 15.5. The highest BCUT2D eigenvalue weighted by atomic mass is 16.5. The Balaban J connectivity index is 2.48. The first-order chi connectivity index (χ1) is 11.6. The van der Waals surface area contributed by atoms with E-state index in [1.807, 2.05) is 4.90 Å². The Labute approximate surface area is 147 Å². The van der Waals surface area contributed by atoms with E-state index in [-0.39, 0.29) is 18.3 Å². The molecule has 0 N–H and O–H groups in total. The van der Waals surface area contributed by atoms with Gasteiger partial charge in [-0.2, -0.15) is 0 Å². The van der Waals surface area contributed by atoms with Gasteiger partial charge in [-0.15, -0.1) is 0 Å². The molecule has 0 radical (unpaired) electrons. The van der Waals surface area contributed by atoms with Crippen LogP contribution in [0.4, 0.5) is 0 Å². The van der Waals surface area contributed by atoms with E-state index in [1.54, 1.807) is 0 Å². The second-order valence-corrected chi connectivity index (χ2v) is 6.80. The molecule has 0 atom stereocenters. The zero-order chi connectivity index (χ0) is 17.8. The van der Waals surface area contributed by atoms with Crippen LogP contribution in [0.1, 0.15) is 65.2 Å². The van der Waals surface area contributed by atoms with Crippen molar-refractivity contribution in [3.05, 3.63) is 0 Å². The summed E-state index contributed by atoms with van der Waals surface area (Å²) < 4.78 is 4.72. The summed E-state index contributed by atoms with van der Waals surface area (Å²) in [5, 5.41) is 0. The predicted octanol–water partition coefficient (Wildman–Crippen LogP) is 3.08. The molecule has 0 heterocycles. The van der Waals surface area contributed by atoms with Crippen molar-refractivity contribution in [3.8, 4) is 0 Å². The van der Waals surface area contributed by atoms with E-state index in [1.165, 1.54) is 39.2 Å². The summed E-state index contributed by atoms with van der Waals surface area (Å²) in [6.07, 6.45) is 8.06. The zero-order valence-electron chi connectivity index (χ0n) is 15.9. The van der Waals surface area contributed by atoms with Crippen LogP contribution >= 0.6 is 0 Å². The smallest absolute Gasteiger partial charge is 0.307 e. The Kier molecular flexibility index (Phi) is 10.7. The van der Waals surface area contributed by atoms with Crippen LogP contribution in [0.3, 0.4) is 0 Å². The van der Waals surface area contributed by atoms with Crippen LogP contribution < -0.4 is 0 Å². The molecule has 1 rings (SSSR count). The van der Waals surface area contributed by atoms with E-state index >= 15 is 0 Å². The fourth-order valence-electron chi connectivity index (χ4n) is 3.48. The lowest BCUT2D eigenvalue weighted by Gasteiger charge is -2.27. The molecule has 1 fully saturated rings. The van der Waals surface area contributed by atoms with Crippen molar-refractivity contribution < 1.29 is 14.3 Å². The summed E-state index contributed by atoms with van der Waals surface area (Å²) in [6.45, 7) is 8.61. The summed E-state index contributed by atoms with van der Waals surface area (Å²) >= 11 is 0. The number of rotatable bonds is 11. The molecule has 5 heteroatoms. The maximum absolute atomic E-state index is 12.7. The quantitative estimate of drug-likeness (QED) is 0.542. The molecule has 0 saturated heterocycles. The molecule has 1 amide bonds. The summed E-state index contributed by atoms with van der Waals surface area (Å²) in [7, 11) is 1.40. The van der Waals surface area contributed by atoms with Crippen molar-refractivity contribution >= 4 is 11.9 Å². The predicted molar refractivity (Wildman–Crippen MR) is 96.8 cm³/mol. The first-order valence-electron chi connectivity index (χ1n) is 9.67. The van der Waals surface area contributed by atoms with Crippen molar-refractivity contribution in [2.75, 3.05) is 39.8 Å². The summed E-state index contributed by atoms with van der Waals surface area (Å²) in [5.74, 6) is 0.509. The highest BCUT2D eigenvalue weighted by Gasteiger charge is 2.21. The van der Waals surface area contributed by atoms with Crippen molar-refractivity contribution in [1.82, 2.24) is 9.80 Å². The zero-order valence-corrected chi connectivity index (χ0v) is 15.9. The minimum atomic E-state index is -0.241. The maximum atomic E-state index is 12.7. The summed E-state index contributed by atoms with van der Waals surface area (Å²) in [5.41, 5.74) is 0. The van der Waals surface area contributed by atoms with Crippen LogP contribution in [0.15, 0.2) is 0 Å². The Morgan fingerprint density at radius 2 is 1.67 bits per heavy atom. The minimum Gasteiger partial charge on any atom is -0.469 e. The SMILES string of the molecule is CCN(CC)CCCN(CCC(=O)OC)C(=O)CC1CCCCC1. The topological polar surface area (TPSA) is 49.9 Å². The minimum absolute atomic E-state index is 0.213. The average Bonchev–Trinajstić information content (AvgIpc) is 2.61. The number of amides is 1. The maximum Gasteiger partial charge on any atom is 0.307 e. The average molecular weight is 341 g/mol. The third kappa shape index (κ3) is 8.13. The number of hydrogen-bond donors (Lipinski definition) is 0. The number of methoxy groups -OCH3 is 1. The first-order valence-corrected chi connectivity index (χ1v) is 9.67. The molecule has 0 aromatic heterocycles. The van der Waals surface area contributed by atoms with Gasteiger partial charge in [0, 0.05) is 19.5 Å². The molecule has 140 valence electrons. The number of esters is 1. The molecule has 1 saturated carbocycles. The van der Waals surface area contributed by atoms with Gasteiger partial charge < -0.3 is 14.5 Å². The molecule has 1 aliphatic carbocycles.